The summed E-state index contributed by atoms with van der Waals surface area (Å²) in [4.78, 5) is 25.8. The second-order valence-electron chi connectivity index (χ2n) is 4.73. The Morgan fingerprint density at radius 3 is 2.62 bits per heavy atom. The van der Waals surface area contributed by atoms with E-state index in [1.807, 2.05) is 24.5 Å². The van der Waals surface area contributed by atoms with Crippen LogP contribution in [0.15, 0.2) is 41.3 Å². The molecule has 0 unspecified atom stereocenters. The first kappa shape index (κ1) is 18.8. The predicted molar refractivity (Wildman–Crippen MR) is 98.9 cm³/mol. The molecule has 1 atom stereocenters. The number of nitrogens with one attached hydrogen (secondary N) is 2. The number of halogens is 1. The fraction of sp³-hybridized carbons (Fsp3) is 0.250. The van der Waals surface area contributed by atoms with E-state index in [4.69, 9.17) is 16.3 Å². The molecule has 0 spiro atoms. The van der Waals surface area contributed by atoms with Crippen molar-refractivity contribution >= 4 is 52.2 Å². The lowest BCUT2D eigenvalue weighted by Crippen LogP contribution is -2.37. The largest absolute Gasteiger partial charge is 0.374 e. The van der Waals surface area contributed by atoms with Gasteiger partial charge in [-0.3, -0.25) is 9.59 Å². The minimum absolute atomic E-state index is 0.184. The third-order valence-corrected chi connectivity index (χ3v) is 5.32. The van der Waals surface area contributed by atoms with E-state index in [2.05, 4.69) is 10.6 Å². The minimum Gasteiger partial charge on any atom is -0.374 e. The van der Waals surface area contributed by atoms with Gasteiger partial charge in [-0.15, -0.1) is 23.1 Å². The molecule has 5 nitrogen and oxygen atoms in total. The zero-order valence-corrected chi connectivity index (χ0v) is 15.6. The van der Waals surface area contributed by atoms with Crippen LogP contribution in [-0.2, 0) is 14.3 Å². The van der Waals surface area contributed by atoms with Crippen molar-refractivity contribution in [1.29, 1.82) is 0 Å². The Hall–Kier alpha value is -1.54. The maximum Gasteiger partial charge on any atom is 0.313 e. The third-order valence-electron chi connectivity index (χ3n) is 3.21. The summed E-state index contributed by atoms with van der Waals surface area (Å²) in [5, 5.41) is 5.20. The fourth-order valence-electron chi connectivity index (χ4n) is 1.99. The monoisotopic (exact) mass is 384 g/mol. The van der Waals surface area contributed by atoms with Gasteiger partial charge in [0.2, 0.25) is 0 Å². The van der Waals surface area contributed by atoms with Crippen LogP contribution in [0.3, 0.4) is 0 Å². The van der Waals surface area contributed by atoms with Crippen molar-refractivity contribution in [2.75, 3.05) is 25.2 Å². The van der Waals surface area contributed by atoms with Gasteiger partial charge in [0.1, 0.15) is 6.10 Å². The topological polar surface area (TPSA) is 67.4 Å². The van der Waals surface area contributed by atoms with Gasteiger partial charge in [0.25, 0.3) is 0 Å². The van der Waals surface area contributed by atoms with Crippen LogP contribution in [-0.4, -0.2) is 31.7 Å². The second-order valence-corrected chi connectivity index (χ2v) is 7.33. The highest BCUT2D eigenvalue weighted by Crippen LogP contribution is 2.28. The van der Waals surface area contributed by atoms with Gasteiger partial charge in [0.05, 0.1) is 10.0 Å². The lowest BCUT2D eigenvalue weighted by atomic mass is 10.3. The molecule has 2 aromatic rings. The van der Waals surface area contributed by atoms with Crippen LogP contribution in [0.25, 0.3) is 0 Å². The van der Waals surface area contributed by atoms with Crippen molar-refractivity contribution in [2.45, 2.75) is 11.0 Å². The Morgan fingerprint density at radius 1 is 1.25 bits per heavy atom. The summed E-state index contributed by atoms with van der Waals surface area (Å²) in [6, 6.07) is 10.9. The predicted octanol–water partition coefficient (Wildman–Crippen LogP) is 3.57. The number of ether oxygens (including phenoxy) is 1. The molecule has 2 N–H and O–H groups in total. The van der Waals surface area contributed by atoms with Gasteiger partial charge < -0.3 is 15.4 Å². The first-order valence-corrected chi connectivity index (χ1v) is 9.47. The SMILES string of the molecule is CO[C@H](CNC(=O)C(=O)Nc1ccccc1SC)c1ccc(Cl)s1. The summed E-state index contributed by atoms with van der Waals surface area (Å²) in [5.41, 5.74) is 0.610. The number of amides is 2. The van der Waals surface area contributed by atoms with Crippen molar-refractivity contribution in [3.05, 3.63) is 45.6 Å². The van der Waals surface area contributed by atoms with Crippen LogP contribution >= 0.6 is 34.7 Å². The number of carbonyl (C=O) groups excluding carboxylic acids is 2. The van der Waals surface area contributed by atoms with Crippen LogP contribution in [0.5, 0.6) is 0 Å². The normalized spacial score (nSPS) is 11.8. The molecule has 8 heteroatoms. The van der Waals surface area contributed by atoms with Crippen molar-refractivity contribution in [2.24, 2.45) is 0 Å². The molecule has 2 amide bonds. The number of thioether (sulfide) groups is 1. The molecule has 0 radical (unpaired) electrons. The van der Waals surface area contributed by atoms with E-state index in [1.165, 1.54) is 23.1 Å². The second kappa shape index (κ2) is 9.08. The molecule has 0 aliphatic carbocycles. The first-order valence-electron chi connectivity index (χ1n) is 7.05. The highest BCUT2D eigenvalue weighted by Gasteiger charge is 2.19. The van der Waals surface area contributed by atoms with Gasteiger partial charge in [0, 0.05) is 23.4 Å². The quantitative estimate of drug-likeness (QED) is 0.590. The maximum atomic E-state index is 12.0. The van der Waals surface area contributed by atoms with E-state index in [1.54, 1.807) is 25.3 Å². The molecule has 1 heterocycles. The molecule has 24 heavy (non-hydrogen) atoms. The molecule has 1 aromatic carbocycles. The van der Waals surface area contributed by atoms with E-state index in [-0.39, 0.29) is 12.6 Å². The number of methoxy groups -OCH3 is 1. The molecule has 1 aromatic heterocycles. The Morgan fingerprint density at radius 2 is 2.00 bits per heavy atom. The Balaban J connectivity index is 1.92. The number of rotatable bonds is 6. The Labute approximate surface area is 153 Å². The van der Waals surface area contributed by atoms with Gasteiger partial charge in [0.15, 0.2) is 0 Å². The molecule has 128 valence electrons. The number of benzene rings is 1. The zero-order valence-electron chi connectivity index (χ0n) is 13.2. The number of hydrogen-bond donors (Lipinski definition) is 2. The van der Waals surface area contributed by atoms with Gasteiger partial charge >= 0.3 is 11.8 Å². The summed E-state index contributed by atoms with van der Waals surface area (Å²) in [6.07, 6.45) is 1.55. The average Bonchev–Trinajstić information content (AvgIpc) is 3.02. The van der Waals surface area contributed by atoms with E-state index >= 15 is 0 Å². The summed E-state index contributed by atoms with van der Waals surface area (Å²) in [7, 11) is 1.54. The van der Waals surface area contributed by atoms with E-state index in [0.29, 0.717) is 10.0 Å². The molecule has 0 saturated carbocycles. The molecule has 0 fully saturated rings. The minimum atomic E-state index is -0.712. The summed E-state index contributed by atoms with van der Waals surface area (Å²) < 4.78 is 5.98. The summed E-state index contributed by atoms with van der Waals surface area (Å²) in [5.74, 6) is -1.42. The molecule has 0 aliphatic rings. The van der Waals surface area contributed by atoms with E-state index in [0.717, 1.165) is 9.77 Å². The number of anilines is 1. The van der Waals surface area contributed by atoms with Crippen molar-refractivity contribution in [3.63, 3.8) is 0 Å². The lowest BCUT2D eigenvalue weighted by Gasteiger charge is -2.14. The number of thiophene rings is 1. The average molecular weight is 385 g/mol. The Bertz CT molecular complexity index is 721. The fourth-order valence-corrected chi connectivity index (χ4v) is 3.69. The van der Waals surface area contributed by atoms with Gasteiger partial charge in [-0.05, 0) is 30.5 Å². The van der Waals surface area contributed by atoms with Crippen molar-refractivity contribution in [3.8, 4) is 0 Å². The van der Waals surface area contributed by atoms with Gasteiger partial charge in [-0.2, -0.15) is 0 Å². The van der Waals surface area contributed by atoms with Crippen LogP contribution in [0.2, 0.25) is 4.34 Å². The van der Waals surface area contributed by atoms with E-state index in [9.17, 15) is 9.59 Å². The lowest BCUT2D eigenvalue weighted by molar-refractivity contribution is -0.136. The van der Waals surface area contributed by atoms with Crippen LogP contribution in [0.1, 0.15) is 11.0 Å². The third kappa shape index (κ3) is 4.98. The number of carbonyl (C=O) groups is 2. The maximum absolute atomic E-state index is 12.0. The standard InChI is InChI=1S/C16H17ClN2O3S2/c1-22-11(13-7-8-14(17)24-13)9-18-15(20)16(21)19-10-5-3-4-6-12(10)23-2/h3-8,11H,9H2,1-2H3,(H,18,20)(H,19,21)/t11-/m1/s1. The molecule has 0 aliphatic heterocycles. The van der Waals surface area contributed by atoms with Gasteiger partial charge in [-0.25, -0.2) is 0 Å². The molecular formula is C16H17ClN2O3S2. The molecule has 0 bridgehead atoms. The highest BCUT2D eigenvalue weighted by molar-refractivity contribution is 7.98. The number of hydrogen-bond acceptors (Lipinski definition) is 5. The van der Waals surface area contributed by atoms with Crippen LogP contribution in [0, 0.1) is 0 Å². The van der Waals surface area contributed by atoms with Crippen molar-refractivity contribution in [1.82, 2.24) is 5.32 Å². The smallest absolute Gasteiger partial charge is 0.313 e. The summed E-state index contributed by atoms with van der Waals surface area (Å²) in [6.45, 7) is 0.184. The van der Waals surface area contributed by atoms with Crippen LogP contribution in [0.4, 0.5) is 5.69 Å². The molecule has 2 rings (SSSR count). The van der Waals surface area contributed by atoms with E-state index < -0.39 is 11.8 Å². The van der Waals surface area contributed by atoms with Gasteiger partial charge in [-0.1, -0.05) is 23.7 Å². The molecule has 0 saturated heterocycles. The van der Waals surface area contributed by atoms with Crippen molar-refractivity contribution < 1.29 is 14.3 Å². The first-order chi connectivity index (χ1) is 11.5. The summed E-state index contributed by atoms with van der Waals surface area (Å²) >= 11 is 8.77. The number of para-hydroxylation sites is 1. The van der Waals surface area contributed by atoms with Crippen LogP contribution < -0.4 is 10.6 Å². The molecular weight excluding hydrogens is 368 g/mol. The highest BCUT2D eigenvalue weighted by atomic mass is 35.5. The Kier molecular flexibility index (Phi) is 7.11. The zero-order chi connectivity index (χ0) is 17.5.